The van der Waals surface area contributed by atoms with Crippen molar-refractivity contribution in [3.63, 3.8) is 0 Å². The summed E-state index contributed by atoms with van der Waals surface area (Å²) in [5, 5.41) is 3.78. The number of benzene rings is 3. The Bertz CT molecular complexity index is 1110. The third kappa shape index (κ3) is 1.55. The molecule has 0 unspecified atom stereocenters. The minimum atomic E-state index is 1.18. The molecule has 3 aromatic carbocycles. The molecule has 5 aromatic rings. The van der Waals surface area contributed by atoms with Crippen LogP contribution in [0.3, 0.4) is 0 Å². The van der Waals surface area contributed by atoms with Crippen LogP contribution in [0.25, 0.3) is 43.8 Å². The molecule has 5 rings (SSSR count). The molecule has 0 atom stereocenters. The first-order valence-corrected chi connectivity index (χ1v) is 7.47. The second-order valence-corrected chi connectivity index (χ2v) is 5.68. The normalized spacial score (nSPS) is 11.6. The van der Waals surface area contributed by atoms with E-state index in [1.54, 1.807) is 0 Å². The van der Waals surface area contributed by atoms with E-state index in [1.807, 2.05) is 6.20 Å². The zero-order valence-electron chi connectivity index (χ0n) is 11.9. The molecule has 22 heavy (non-hydrogen) atoms. The molecular formula is C20H14N2. The fourth-order valence-electron chi connectivity index (χ4n) is 3.30. The minimum Gasteiger partial charge on any atom is -0.359 e. The molecule has 2 aromatic heterocycles. The van der Waals surface area contributed by atoms with Crippen LogP contribution in [0.15, 0.2) is 72.9 Å². The highest BCUT2D eigenvalue weighted by molar-refractivity contribution is 6.16. The van der Waals surface area contributed by atoms with Gasteiger partial charge in [0.15, 0.2) is 0 Å². The van der Waals surface area contributed by atoms with E-state index in [9.17, 15) is 0 Å². The molecule has 0 spiro atoms. The fraction of sp³-hybridized carbons (Fsp3) is 0. The Balaban J connectivity index is 1.86. The van der Waals surface area contributed by atoms with Gasteiger partial charge >= 0.3 is 0 Å². The summed E-state index contributed by atoms with van der Waals surface area (Å²) in [6.07, 6.45) is 1.99. The molecular weight excluding hydrogens is 268 g/mol. The van der Waals surface area contributed by atoms with Gasteiger partial charge in [0, 0.05) is 27.9 Å². The topological polar surface area (TPSA) is 31.6 Å². The molecule has 0 amide bonds. The maximum Gasteiger partial charge on any atom is 0.0710 e. The summed E-state index contributed by atoms with van der Waals surface area (Å²) < 4.78 is 0. The summed E-state index contributed by atoms with van der Waals surface area (Å²) in [4.78, 5) is 6.89. The molecule has 0 aliphatic rings. The van der Waals surface area contributed by atoms with E-state index in [-0.39, 0.29) is 0 Å². The van der Waals surface area contributed by atoms with Crippen LogP contribution in [0.4, 0.5) is 0 Å². The number of aromatic nitrogens is 2. The number of nitrogens with one attached hydrogen (secondary N) is 2. The van der Waals surface area contributed by atoms with Gasteiger partial charge < -0.3 is 9.97 Å². The average molecular weight is 282 g/mol. The lowest BCUT2D eigenvalue weighted by Crippen LogP contribution is -1.76. The summed E-state index contributed by atoms with van der Waals surface area (Å²) in [6, 6.07) is 23.6. The molecule has 0 saturated heterocycles. The van der Waals surface area contributed by atoms with Crippen LogP contribution < -0.4 is 0 Å². The van der Waals surface area contributed by atoms with Crippen molar-refractivity contribution >= 4 is 32.7 Å². The number of aromatic amines is 2. The first kappa shape index (κ1) is 11.6. The molecule has 0 radical (unpaired) electrons. The molecule has 0 bridgehead atoms. The van der Waals surface area contributed by atoms with E-state index in [2.05, 4.69) is 76.7 Å². The zero-order chi connectivity index (χ0) is 14.5. The maximum atomic E-state index is 3.55. The third-order valence-electron chi connectivity index (χ3n) is 4.40. The first-order chi connectivity index (χ1) is 10.9. The Morgan fingerprint density at radius 1 is 0.636 bits per heavy atom. The van der Waals surface area contributed by atoms with Crippen LogP contribution in [0.1, 0.15) is 0 Å². The maximum absolute atomic E-state index is 3.55. The van der Waals surface area contributed by atoms with Crippen molar-refractivity contribution in [3.8, 4) is 11.1 Å². The van der Waals surface area contributed by atoms with Crippen molar-refractivity contribution in [2.24, 2.45) is 0 Å². The SMILES string of the molecule is c1ccc(-c2ccc3[nH]c4c(ccc5cc[nH]c54)c3c2)cc1. The predicted molar refractivity (Wildman–Crippen MR) is 93.1 cm³/mol. The van der Waals surface area contributed by atoms with Gasteiger partial charge in [-0.2, -0.15) is 0 Å². The molecule has 104 valence electrons. The number of rotatable bonds is 1. The monoisotopic (exact) mass is 282 g/mol. The van der Waals surface area contributed by atoms with Crippen LogP contribution in [-0.2, 0) is 0 Å². The van der Waals surface area contributed by atoms with Crippen LogP contribution in [0.2, 0.25) is 0 Å². The van der Waals surface area contributed by atoms with Crippen molar-refractivity contribution < 1.29 is 0 Å². The van der Waals surface area contributed by atoms with Gasteiger partial charge in [-0.05, 0) is 29.3 Å². The van der Waals surface area contributed by atoms with Gasteiger partial charge in [-0.15, -0.1) is 0 Å². The Morgan fingerprint density at radius 3 is 2.45 bits per heavy atom. The van der Waals surface area contributed by atoms with Crippen LogP contribution >= 0.6 is 0 Å². The van der Waals surface area contributed by atoms with Crippen LogP contribution in [0.5, 0.6) is 0 Å². The van der Waals surface area contributed by atoms with Crippen molar-refractivity contribution in [3.05, 3.63) is 72.9 Å². The lowest BCUT2D eigenvalue weighted by atomic mass is 10.0. The predicted octanol–water partition coefficient (Wildman–Crippen LogP) is 5.47. The molecule has 2 N–H and O–H groups in total. The van der Waals surface area contributed by atoms with Crippen molar-refractivity contribution in [1.82, 2.24) is 9.97 Å². The molecule has 0 aliphatic heterocycles. The second-order valence-electron chi connectivity index (χ2n) is 5.68. The number of hydrogen-bond acceptors (Lipinski definition) is 0. The summed E-state index contributed by atoms with van der Waals surface area (Å²) >= 11 is 0. The van der Waals surface area contributed by atoms with E-state index >= 15 is 0 Å². The second kappa shape index (κ2) is 4.25. The Hall–Kier alpha value is -3.00. The van der Waals surface area contributed by atoms with E-state index in [0.29, 0.717) is 0 Å². The quantitative estimate of drug-likeness (QED) is 0.408. The molecule has 0 aliphatic carbocycles. The Morgan fingerprint density at radius 2 is 1.55 bits per heavy atom. The number of fused-ring (bicyclic) bond motifs is 5. The molecule has 0 fully saturated rings. The van der Waals surface area contributed by atoms with E-state index in [1.165, 1.54) is 43.8 Å². The van der Waals surface area contributed by atoms with Crippen molar-refractivity contribution in [2.45, 2.75) is 0 Å². The van der Waals surface area contributed by atoms with E-state index < -0.39 is 0 Å². The zero-order valence-corrected chi connectivity index (χ0v) is 11.9. The Kier molecular flexibility index (Phi) is 2.25. The van der Waals surface area contributed by atoms with Gasteiger partial charge in [-0.1, -0.05) is 48.5 Å². The number of H-pyrrole nitrogens is 2. The van der Waals surface area contributed by atoms with Gasteiger partial charge in [-0.25, -0.2) is 0 Å². The molecule has 2 heteroatoms. The standard InChI is InChI=1S/C20H14N2/c1-2-4-13(5-3-1)15-7-9-18-17(12-15)16-8-6-14-10-11-21-19(14)20(16)22-18/h1-12,21-22H. The largest absolute Gasteiger partial charge is 0.359 e. The highest BCUT2D eigenvalue weighted by Gasteiger charge is 2.09. The summed E-state index contributed by atoms with van der Waals surface area (Å²) in [5.41, 5.74) is 6.04. The van der Waals surface area contributed by atoms with Crippen molar-refractivity contribution in [2.75, 3.05) is 0 Å². The van der Waals surface area contributed by atoms with E-state index in [4.69, 9.17) is 0 Å². The lowest BCUT2D eigenvalue weighted by molar-refractivity contribution is 1.47. The third-order valence-corrected chi connectivity index (χ3v) is 4.40. The number of hydrogen-bond donors (Lipinski definition) is 2. The fourth-order valence-corrected chi connectivity index (χ4v) is 3.30. The lowest BCUT2D eigenvalue weighted by Gasteiger charge is -2.01. The molecule has 2 nitrogen and oxygen atoms in total. The van der Waals surface area contributed by atoms with Crippen LogP contribution in [-0.4, -0.2) is 9.97 Å². The Labute approximate surface area is 127 Å². The van der Waals surface area contributed by atoms with Crippen molar-refractivity contribution in [1.29, 1.82) is 0 Å². The van der Waals surface area contributed by atoms with Gasteiger partial charge in [0.2, 0.25) is 0 Å². The van der Waals surface area contributed by atoms with Gasteiger partial charge in [0.05, 0.1) is 11.0 Å². The minimum absolute atomic E-state index is 1.18. The average Bonchev–Trinajstić information content (AvgIpc) is 3.19. The summed E-state index contributed by atoms with van der Waals surface area (Å²) in [6.45, 7) is 0. The van der Waals surface area contributed by atoms with Gasteiger partial charge in [0.1, 0.15) is 0 Å². The molecule has 0 saturated carbocycles. The summed E-state index contributed by atoms with van der Waals surface area (Å²) in [5.74, 6) is 0. The van der Waals surface area contributed by atoms with Crippen LogP contribution in [0, 0.1) is 0 Å². The van der Waals surface area contributed by atoms with E-state index in [0.717, 1.165) is 0 Å². The highest BCUT2D eigenvalue weighted by atomic mass is 14.8. The molecule has 2 heterocycles. The highest BCUT2D eigenvalue weighted by Crippen LogP contribution is 2.33. The first-order valence-electron chi connectivity index (χ1n) is 7.47. The van der Waals surface area contributed by atoms with Gasteiger partial charge in [0.25, 0.3) is 0 Å². The summed E-state index contributed by atoms with van der Waals surface area (Å²) in [7, 11) is 0. The smallest absolute Gasteiger partial charge is 0.0710 e. The van der Waals surface area contributed by atoms with Gasteiger partial charge in [-0.3, -0.25) is 0 Å².